The van der Waals surface area contributed by atoms with E-state index in [-0.39, 0.29) is 0 Å². The molecule has 1 saturated heterocycles. The Morgan fingerprint density at radius 2 is 1.19 bits per heavy atom. The molecule has 0 saturated carbocycles. The third-order valence-corrected chi connectivity index (χ3v) is 4.48. The summed E-state index contributed by atoms with van der Waals surface area (Å²) in [7, 11) is 0. The summed E-state index contributed by atoms with van der Waals surface area (Å²) in [5.41, 5.74) is 0. The van der Waals surface area contributed by atoms with Crippen molar-refractivity contribution < 1.29 is 9.59 Å². The van der Waals surface area contributed by atoms with Crippen molar-refractivity contribution in [1.82, 2.24) is 10.6 Å². The summed E-state index contributed by atoms with van der Waals surface area (Å²) in [4.78, 5) is 22.5. The lowest BCUT2D eigenvalue weighted by Gasteiger charge is -2.08. The molecular weight excluding hydrogens is 244 g/mol. The zero-order valence-corrected chi connectivity index (χ0v) is 10.9. The standard InChI is InChI=1S/C10H18N2O2S2/c13-9-10(14)12-4-2-6-16-8-7-15-5-1-3-11-9/h1-8H2,(H,11,13)(H,12,14). The number of hydrogen-bond acceptors (Lipinski definition) is 4. The number of nitrogens with one attached hydrogen (secondary N) is 2. The number of carbonyl (C=O) groups excluding carboxylic acids is 2. The summed E-state index contributed by atoms with van der Waals surface area (Å²) >= 11 is 3.82. The molecule has 1 rings (SSSR count). The average Bonchev–Trinajstić information content (AvgIpc) is 2.29. The second-order valence-corrected chi connectivity index (χ2v) is 5.89. The van der Waals surface area contributed by atoms with Gasteiger partial charge in [0, 0.05) is 24.6 Å². The van der Waals surface area contributed by atoms with E-state index in [9.17, 15) is 9.59 Å². The van der Waals surface area contributed by atoms with Crippen molar-refractivity contribution in [3.05, 3.63) is 0 Å². The van der Waals surface area contributed by atoms with Crippen molar-refractivity contribution in [2.75, 3.05) is 36.1 Å². The molecule has 0 aliphatic carbocycles. The maximum Gasteiger partial charge on any atom is 0.309 e. The Bertz CT molecular complexity index is 213. The quantitative estimate of drug-likeness (QED) is 0.624. The Labute approximate surface area is 105 Å². The van der Waals surface area contributed by atoms with Crippen LogP contribution in [-0.2, 0) is 9.59 Å². The van der Waals surface area contributed by atoms with Crippen LogP contribution in [0.5, 0.6) is 0 Å². The lowest BCUT2D eigenvalue weighted by molar-refractivity contribution is -0.139. The molecule has 0 aromatic carbocycles. The summed E-state index contributed by atoms with van der Waals surface area (Å²) in [5.74, 6) is 3.42. The molecule has 1 aliphatic rings. The highest BCUT2D eigenvalue weighted by Gasteiger charge is 2.11. The van der Waals surface area contributed by atoms with E-state index in [2.05, 4.69) is 10.6 Å². The monoisotopic (exact) mass is 262 g/mol. The first-order valence-electron chi connectivity index (χ1n) is 5.52. The molecule has 4 nitrogen and oxygen atoms in total. The summed E-state index contributed by atoms with van der Waals surface area (Å²) < 4.78 is 0. The van der Waals surface area contributed by atoms with Crippen LogP contribution in [0.4, 0.5) is 0 Å². The lowest BCUT2D eigenvalue weighted by Crippen LogP contribution is -2.40. The largest absolute Gasteiger partial charge is 0.348 e. The van der Waals surface area contributed by atoms with Gasteiger partial charge in [-0.25, -0.2) is 0 Å². The molecule has 0 atom stereocenters. The van der Waals surface area contributed by atoms with Gasteiger partial charge in [0.25, 0.3) is 0 Å². The fraction of sp³-hybridized carbons (Fsp3) is 0.800. The van der Waals surface area contributed by atoms with Crippen LogP contribution < -0.4 is 10.6 Å². The van der Waals surface area contributed by atoms with Gasteiger partial charge in [0.2, 0.25) is 0 Å². The van der Waals surface area contributed by atoms with Crippen LogP contribution in [0.1, 0.15) is 12.8 Å². The van der Waals surface area contributed by atoms with Gasteiger partial charge in [0.1, 0.15) is 0 Å². The Morgan fingerprint density at radius 3 is 1.62 bits per heavy atom. The van der Waals surface area contributed by atoms with E-state index in [4.69, 9.17) is 0 Å². The van der Waals surface area contributed by atoms with Crippen LogP contribution in [0.3, 0.4) is 0 Å². The Balaban J connectivity index is 2.27. The van der Waals surface area contributed by atoms with Crippen LogP contribution in [-0.4, -0.2) is 47.9 Å². The van der Waals surface area contributed by atoms with Gasteiger partial charge in [-0.05, 0) is 24.3 Å². The van der Waals surface area contributed by atoms with Crippen molar-refractivity contribution in [1.29, 1.82) is 0 Å². The topological polar surface area (TPSA) is 58.2 Å². The summed E-state index contributed by atoms with van der Waals surface area (Å²) in [6.45, 7) is 1.18. The molecule has 16 heavy (non-hydrogen) atoms. The van der Waals surface area contributed by atoms with Gasteiger partial charge in [0.15, 0.2) is 0 Å². The van der Waals surface area contributed by atoms with Crippen LogP contribution in [0.2, 0.25) is 0 Å². The van der Waals surface area contributed by atoms with Crippen LogP contribution >= 0.6 is 23.5 Å². The van der Waals surface area contributed by atoms with E-state index in [0.717, 1.165) is 24.3 Å². The van der Waals surface area contributed by atoms with Crippen molar-refractivity contribution in [2.24, 2.45) is 0 Å². The molecule has 0 aromatic heterocycles. The van der Waals surface area contributed by atoms with Crippen LogP contribution in [0.15, 0.2) is 0 Å². The van der Waals surface area contributed by atoms with E-state index < -0.39 is 11.8 Å². The molecule has 2 N–H and O–H groups in total. The average molecular weight is 262 g/mol. The highest BCUT2D eigenvalue weighted by atomic mass is 32.2. The minimum absolute atomic E-state index is 0.505. The van der Waals surface area contributed by atoms with Crippen molar-refractivity contribution in [3.63, 3.8) is 0 Å². The highest BCUT2D eigenvalue weighted by Crippen LogP contribution is 2.08. The molecule has 2 amide bonds. The van der Waals surface area contributed by atoms with Crippen molar-refractivity contribution >= 4 is 35.3 Å². The van der Waals surface area contributed by atoms with Gasteiger partial charge in [-0.3, -0.25) is 9.59 Å². The van der Waals surface area contributed by atoms with Gasteiger partial charge >= 0.3 is 11.8 Å². The zero-order valence-electron chi connectivity index (χ0n) is 9.29. The normalized spacial score (nSPS) is 21.8. The molecule has 0 spiro atoms. The fourth-order valence-electron chi connectivity index (χ4n) is 1.23. The number of amides is 2. The van der Waals surface area contributed by atoms with Crippen molar-refractivity contribution in [3.8, 4) is 0 Å². The Morgan fingerprint density at radius 1 is 0.750 bits per heavy atom. The molecule has 1 heterocycles. The predicted octanol–water partition coefficient (Wildman–Crippen LogP) is 0.479. The second kappa shape index (κ2) is 8.75. The first-order valence-corrected chi connectivity index (χ1v) is 7.83. The maximum absolute atomic E-state index is 11.2. The molecule has 0 aromatic rings. The van der Waals surface area contributed by atoms with Crippen LogP contribution in [0.25, 0.3) is 0 Å². The second-order valence-electron chi connectivity index (χ2n) is 3.44. The fourth-order valence-corrected chi connectivity index (χ4v) is 3.28. The van der Waals surface area contributed by atoms with E-state index in [1.165, 1.54) is 11.5 Å². The molecule has 0 bridgehead atoms. The predicted molar refractivity (Wildman–Crippen MR) is 69.9 cm³/mol. The highest BCUT2D eigenvalue weighted by molar-refractivity contribution is 8.02. The molecular formula is C10H18N2O2S2. The van der Waals surface area contributed by atoms with Crippen LogP contribution in [0, 0.1) is 0 Å². The number of hydrogen-bond donors (Lipinski definition) is 2. The zero-order chi connectivity index (χ0) is 11.6. The third kappa shape index (κ3) is 6.27. The smallest absolute Gasteiger partial charge is 0.309 e. The molecule has 0 radical (unpaired) electrons. The minimum Gasteiger partial charge on any atom is -0.348 e. The van der Waals surface area contributed by atoms with Gasteiger partial charge < -0.3 is 10.6 Å². The minimum atomic E-state index is -0.505. The molecule has 6 heteroatoms. The third-order valence-electron chi connectivity index (χ3n) is 2.08. The van der Waals surface area contributed by atoms with Gasteiger partial charge in [0.05, 0.1) is 0 Å². The Kier molecular flexibility index (Phi) is 7.50. The van der Waals surface area contributed by atoms with E-state index in [0.29, 0.717) is 13.1 Å². The van der Waals surface area contributed by atoms with E-state index in [1.807, 2.05) is 23.5 Å². The molecule has 1 fully saturated rings. The van der Waals surface area contributed by atoms with Gasteiger partial charge in [-0.15, -0.1) is 0 Å². The van der Waals surface area contributed by atoms with Gasteiger partial charge in [-0.1, -0.05) is 0 Å². The van der Waals surface area contributed by atoms with Gasteiger partial charge in [-0.2, -0.15) is 23.5 Å². The summed E-state index contributed by atoms with van der Waals surface area (Å²) in [6, 6.07) is 0. The number of thioether (sulfide) groups is 2. The Hall–Kier alpha value is -0.360. The molecule has 0 unspecified atom stereocenters. The lowest BCUT2D eigenvalue weighted by atomic mass is 10.4. The van der Waals surface area contributed by atoms with E-state index in [1.54, 1.807) is 0 Å². The first kappa shape index (κ1) is 13.7. The number of rotatable bonds is 0. The van der Waals surface area contributed by atoms with E-state index >= 15 is 0 Å². The first-order chi connectivity index (χ1) is 7.80. The summed E-state index contributed by atoms with van der Waals surface area (Å²) in [5, 5.41) is 5.23. The van der Waals surface area contributed by atoms with Crippen molar-refractivity contribution in [2.45, 2.75) is 12.8 Å². The maximum atomic E-state index is 11.2. The SMILES string of the molecule is O=C1NCCCSCCSCCCNC1=O. The summed E-state index contributed by atoms with van der Waals surface area (Å²) in [6.07, 6.45) is 1.85. The molecule has 92 valence electrons. The molecule has 1 aliphatic heterocycles. The number of carbonyl (C=O) groups is 2.